The molecule has 0 aromatic rings. The summed E-state index contributed by atoms with van der Waals surface area (Å²) in [7, 11) is 0. The fourth-order valence-corrected chi connectivity index (χ4v) is 3.73. The van der Waals surface area contributed by atoms with Gasteiger partial charge in [0.05, 0.1) is 0 Å². The van der Waals surface area contributed by atoms with E-state index in [9.17, 15) is 0 Å². The highest BCUT2D eigenvalue weighted by molar-refractivity contribution is 4.87. The smallest absolute Gasteiger partial charge is 0.0223 e. The Kier molecular flexibility index (Phi) is 5.50. The highest BCUT2D eigenvalue weighted by atomic mass is 15.2. The summed E-state index contributed by atoms with van der Waals surface area (Å²) in [6, 6.07) is 1.52. The van der Waals surface area contributed by atoms with Gasteiger partial charge < -0.3 is 5.32 Å². The summed E-state index contributed by atoms with van der Waals surface area (Å²) in [5.41, 5.74) is 0. The van der Waals surface area contributed by atoms with Crippen LogP contribution in [0.25, 0.3) is 0 Å². The number of rotatable bonds is 5. The Bertz CT molecular complexity index is 233. The van der Waals surface area contributed by atoms with E-state index in [0.29, 0.717) is 0 Å². The van der Waals surface area contributed by atoms with Crippen molar-refractivity contribution < 1.29 is 0 Å². The van der Waals surface area contributed by atoms with E-state index < -0.39 is 0 Å². The summed E-state index contributed by atoms with van der Waals surface area (Å²) >= 11 is 0. The summed E-state index contributed by atoms with van der Waals surface area (Å²) in [5, 5.41) is 3.74. The molecule has 1 aliphatic heterocycles. The van der Waals surface area contributed by atoms with Crippen LogP contribution in [0.3, 0.4) is 0 Å². The fourth-order valence-electron chi connectivity index (χ4n) is 3.73. The SMILES string of the molecule is CCC1CN(CC2CCCC2)C(CC(C)C)CN1. The third-order valence-corrected chi connectivity index (χ3v) is 4.82. The Morgan fingerprint density at radius 1 is 1.22 bits per heavy atom. The van der Waals surface area contributed by atoms with Gasteiger partial charge in [0, 0.05) is 31.7 Å². The lowest BCUT2D eigenvalue weighted by Crippen LogP contribution is -2.57. The Morgan fingerprint density at radius 3 is 2.56 bits per heavy atom. The zero-order valence-electron chi connectivity index (χ0n) is 12.6. The molecular weight excluding hydrogens is 220 g/mol. The zero-order valence-corrected chi connectivity index (χ0v) is 12.6. The monoisotopic (exact) mass is 252 g/mol. The first-order chi connectivity index (χ1) is 8.69. The van der Waals surface area contributed by atoms with Crippen molar-refractivity contribution in [1.29, 1.82) is 0 Å². The van der Waals surface area contributed by atoms with Crippen molar-refractivity contribution in [2.45, 2.75) is 71.4 Å². The Morgan fingerprint density at radius 2 is 1.94 bits per heavy atom. The minimum Gasteiger partial charge on any atom is -0.311 e. The third-order valence-electron chi connectivity index (χ3n) is 4.82. The molecule has 2 atom stereocenters. The zero-order chi connectivity index (χ0) is 13.0. The van der Waals surface area contributed by atoms with Crippen molar-refractivity contribution in [2.75, 3.05) is 19.6 Å². The molecule has 0 bridgehead atoms. The average Bonchev–Trinajstić information content (AvgIpc) is 2.83. The molecule has 2 nitrogen and oxygen atoms in total. The molecule has 1 N–H and O–H groups in total. The second kappa shape index (κ2) is 6.91. The lowest BCUT2D eigenvalue weighted by Gasteiger charge is -2.42. The van der Waals surface area contributed by atoms with Crippen molar-refractivity contribution in [1.82, 2.24) is 10.2 Å². The van der Waals surface area contributed by atoms with Crippen LogP contribution in [0.5, 0.6) is 0 Å². The Labute approximate surface area is 114 Å². The van der Waals surface area contributed by atoms with Gasteiger partial charge in [0.2, 0.25) is 0 Å². The van der Waals surface area contributed by atoms with Crippen LogP contribution in [0.2, 0.25) is 0 Å². The van der Waals surface area contributed by atoms with Gasteiger partial charge in [-0.1, -0.05) is 33.6 Å². The highest BCUT2D eigenvalue weighted by Gasteiger charge is 2.29. The number of hydrogen-bond donors (Lipinski definition) is 1. The van der Waals surface area contributed by atoms with E-state index in [1.54, 1.807) is 0 Å². The van der Waals surface area contributed by atoms with Gasteiger partial charge in [0.25, 0.3) is 0 Å². The van der Waals surface area contributed by atoms with Gasteiger partial charge >= 0.3 is 0 Å². The first kappa shape index (κ1) is 14.3. The van der Waals surface area contributed by atoms with Crippen molar-refractivity contribution in [2.24, 2.45) is 11.8 Å². The maximum Gasteiger partial charge on any atom is 0.0223 e. The molecule has 2 unspecified atom stereocenters. The van der Waals surface area contributed by atoms with Crippen molar-refractivity contribution in [3.63, 3.8) is 0 Å². The summed E-state index contributed by atoms with van der Waals surface area (Å²) in [4.78, 5) is 2.82. The van der Waals surface area contributed by atoms with E-state index in [1.165, 1.54) is 58.2 Å². The number of hydrogen-bond acceptors (Lipinski definition) is 2. The van der Waals surface area contributed by atoms with Gasteiger partial charge in [0.1, 0.15) is 0 Å². The van der Waals surface area contributed by atoms with Crippen LogP contribution in [0.15, 0.2) is 0 Å². The van der Waals surface area contributed by atoms with Crippen LogP contribution in [0.4, 0.5) is 0 Å². The summed E-state index contributed by atoms with van der Waals surface area (Å²) in [5.74, 6) is 1.82. The lowest BCUT2D eigenvalue weighted by molar-refractivity contribution is 0.0952. The predicted octanol–water partition coefficient (Wildman–Crippen LogP) is 3.28. The van der Waals surface area contributed by atoms with Crippen LogP contribution < -0.4 is 5.32 Å². The van der Waals surface area contributed by atoms with Crippen LogP contribution in [-0.2, 0) is 0 Å². The minimum atomic E-state index is 0.731. The second-order valence-corrected chi connectivity index (χ2v) is 6.90. The maximum absolute atomic E-state index is 3.74. The van der Waals surface area contributed by atoms with Crippen LogP contribution >= 0.6 is 0 Å². The summed E-state index contributed by atoms with van der Waals surface area (Å²) < 4.78 is 0. The number of nitrogens with one attached hydrogen (secondary N) is 1. The topological polar surface area (TPSA) is 15.3 Å². The normalized spacial score (nSPS) is 31.3. The summed E-state index contributed by atoms with van der Waals surface area (Å²) in [6.45, 7) is 10.9. The Balaban J connectivity index is 1.89. The fraction of sp³-hybridized carbons (Fsp3) is 1.00. The molecule has 106 valence electrons. The molecule has 0 amide bonds. The first-order valence-electron chi connectivity index (χ1n) is 8.16. The van der Waals surface area contributed by atoms with E-state index in [0.717, 1.165) is 23.9 Å². The van der Waals surface area contributed by atoms with Gasteiger partial charge in [-0.3, -0.25) is 4.90 Å². The molecular formula is C16H32N2. The highest BCUT2D eigenvalue weighted by Crippen LogP contribution is 2.27. The second-order valence-electron chi connectivity index (χ2n) is 6.90. The molecule has 1 aliphatic carbocycles. The van der Waals surface area contributed by atoms with Crippen molar-refractivity contribution in [3.05, 3.63) is 0 Å². The van der Waals surface area contributed by atoms with E-state index in [1.807, 2.05) is 0 Å². The standard InChI is InChI=1S/C16H32N2/c1-4-15-12-18(11-14-7-5-6-8-14)16(10-17-15)9-13(2)3/h13-17H,4-12H2,1-3H3. The van der Waals surface area contributed by atoms with E-state index in [-0.39, 0.29) is 0 Å². The molecule has 0 spiro atoms. The van der Waals surface area contributed by atoms with E-state index in [4.69, 9.17) is 0 Å². The number of piperazine rings is 1. The van der Waals surface area contributed by atoms with Crippen molar-refractivity contribution >= 4 is 0 Å². The minimum absolute atomic E-state index is 0.731. The molecule has 0 aromatic carbocycles. The molecule has 2 rings (SSSR count). The van der Waals surface area contributed by atoms with Gasteiger partial charge in [-0.2, -0.15) is 0 Å². The molecule has 2 heteroatoms. The molecule has 2 fully saturated rings. The molecule has 1 heterocycles. The molecule has 2 aliphatic rings. The predicted molar refractivity (Wildman–Crippen MR) is 78.9 cm³/mol. The van der Waals surface area contributed by atoms with Crippen LogP contribution in [-0.4, -0.2) is 36.6 Å². The molecule has 1 saturated carbocycles. The largest absolute Gasteiger partial charge is 0.311 e. The first-order valence-corrected chi connectivity index (χ1v) is 8.16. The molecule has 18 heavy (non-hydrogen) atoms. The Hall–Kier alpha value is -0.0800. The maximum atomic E-state index is 3.74. The number of nitrogens with zero attached hydrogens (tertiary/aromatic N) is 1. The quantitative estimate of drug-likeness (QED) is 0.808. The van der Waals surface area contributed by atoms with E-state index >= 15 is 0 Å². The van der Waals surface area contributed by atoms with Gasteiger partial charge in [-0.15, -0.1) is 0 Å². The van der Waals surface area contributed by atoms with Gasteiger partial charge in [-0.25, -0.2) is 0 Å². The molecule has 0 radical (unpaired) electrons. The van der Waals surface area contributed by atoms with Crippen LogP contribution in [0.1, 0.15) is 59.3 Å². The van der Waals surface area contributed by atoms with Gasteiger partial charge in [-0.05, 0) is 37.5 Å². The van der Waals surface area contributed by atoms with Crippen LogP contribution in [0, 0.1) is 11.8 Å². The third kappa shape index (κ3) is 3.96. The van der Waals surface area contributed by atoms with E-state index in [2.05, 4.69) is 31.0 Å². The summed E-state index contributed by atoms with van der Waals surface area (Å²) in [6.07, 6.45) is 8.54. The van der Waals surface area contributed by atoms with Gasteiger partial charge in [0.15, 0.2) is 0 Å². The molecule has 1 saturated heterocycles. The van der Waals surface area contributed by atoms with Crippen molar-refractivity contribution in [3.8, 4) is 0 Å². The lowest BCUT2D eigenvalue weighted by atomic mass is 9.96. The molecule has 0 aromatic heterocycles. The average molecular weight is 252 g/mol.